The monoisotopic (exact) mass is 444 g/mol. The lowest BCUT2D eigenvalue weighted by molar-refractivity contribution is -0.126. The molecule has 2 heterocycles. The highest BCUT2D eigenvalue weighted by atomic mass is 16.7. The number of imide groups is 1. The highest BCUT2D eigenvalue weighted by Gasteiger charge is 2.60. The summed E-state index contributed by atoms with van der Waals surface area (Å²) in [6.07, 6.45) is -1.00. The third kappa shape index (κ3) is 3.41. The number of benzene rings is 3. The Morgan fingerprint density at radius 2 is 1.55 bits per heavy atom. The minimum atomic E-state index is -1.00. The van der Waals surface area contributed by atoms with Crippen molar-refractivity contribution in [3.63, 3.8) is 0 Å². The van der Waals surface area contributed by atoms with Gasteiger partial charge in [-0.1, -0.05) is 30.3 Å². The van der Waals surface area contributed by atoms with Crippen molar-refractivity contribution in [3.8, 4) is 5.75 Å². The Bertz CT molecular complexity index is 1210. The molecule has 2 aliphatic heterocycles. The molecular formula is C25H20N2O6. The SMILES string of the molecule is COC(=O)c1ccc(N2C(=O)[C@@H]3[C@H](ON(c4ccccc4)[C@@H]3c3ccc(O)cc3)C2=O)cc1. The minimum absolute atomic E-state index is 0.0987. The largest absolute Gasteiger partial charge is 0.508 e. The average molecular weight is 444 g/mol. The molecule has 2 fully saturated rings. The number of phenols is 1. The molecule has 1 N–H and O–H groups in total. The van der Waals surface area contributed by atoms with Gasteiger partial charge in [0.25, 0.3) is 5.91 Å². The maximum Gasteiger partial charge on any atom is 0.337 e. The van der Waals surface area contributed by atoms with Crippen molar-refractivity contribution in [2.75, 3.05) is 17.1 Å². The number of hydroxylamine groups is 1. The second-order valence-corrected chi connectivity index (χ2v) is 7.80. The molecule has 2 aliphatic rings. The van der Waals surface area contributed by atoms with Gasteiger partial charge in [0.1, 0.15) is 11.7 Å². The number of esters is 1. The molecule has 0 aromatic heterocycles. The van der Waals surface area contributed by atoms with E-state index in [-0.39, 0.29) is 5.75 Å². The number of carbonyl (C=O) groups is 3. The minimum Gasteiger partial charge on any atom is -0.508 e. The third-order valence-corrected chi connectivity index (χ3v) is 5.91. The van der Waals surface area contributed by atoms with Crippen LogP contribution in [0.3, 0.4) is 0 Å². The van der Waals surface area contributed by atoms with Crippen molar-refractivity contribution < 1.29 is 29.1 Å². The first-order chi connectivity index (χ1) is 16.0. The topological polar surface area (TPSA) is 96.4 Å². The van der Waals surface area contributed by atoms with Crippen molar-refractivity contribution in [1.29, 1.82) is 0 Å². The molecule has 2 saturated heterocycles. The number of hydrogen-bond donors (Lipinski definition) is 1. The zero-order chi connectivity index (χ0) is 23.1. The van der Waals surface area contributed by atoms with Gasteiger partial charge in [-0.05, 0) is 54.1 Å². The van der Waals surface area contributed by atoms with E-state index >= 15 is 0 Å². The van der Waals surface area contributed by atoms with E-state index in [4.69, 9.17) is 9.57 Å². The first-order valence-electron chi connectivity index (χ1n) is 10.4. The molecule has 0 unspecified atom stereocenters. The van der Waals surface area contributed by atoms with Gasteiger partial charge in [-0.2, -0.15) is 0 Å². The zero-order valence-electron chi connectivity index (χ0n) is 17.6. The summed E-state index contributed by atoms with van der Waals surface area (Å²) >= 11 is 0. The van der Waals surface area contributed by atoms with Crippen LogP contribution in [0.1, 0.15) is 22.0 Å². The molecule has 0 aliphatic carbocycles. The summed E-state index contributed by atoms with van der Waals surface area (Å²) in [6.45, 7) is 0. The molecular weight excluding hydrogens is 424 g/mol. The Hall–Kier alpha value is -4.17. The second-order valence-electron chi connectivity index (χ2n) is 7.80. The number of aromatic hydroxyl groups is 1. The number of amides is 2. The van der Waals surface area contributed by atoms with Crippen LogP contribution < -0.4 is 9.96 Å². The van der Waals surface area contributed by atoms with Crippen LogP contribution in [0.25, 0.3) is 0 Å². The number of anilines is 2. The second kappa shape index (κ2) is 8.07. The average Bonchev–Trinajstić information content (AvgIpc) is 3.36. The van der Waals surface area contributed by atoms with Gasteiger partial charge in [-0.15, -0.1) is 0 Å². The van der Waals surface area contributed by atoms with E-state index in [1.807, 2.05) is 30.3 Å². The quantitative estimate of drug-likeness (QED) is 0.488. The molecule has 5 rings (SSSR count). The van der Waals surface area contributed by atoms with Crippen molar-refractivity contribution in [2.24, 2.45) is 5.92 Å². The molecule has 8 heteroatoms. The van der Waals surface area contributed by atoms with E-state index in [2.05, 4.69) is 0 Å². The number of fused-ring (bicyclic) bond motifs is 1. The van der Waals surface area contributed by atoms with E-state index in [0.717, 1.165) is 10.5 Å². The van der Waals surface area contributed by atoms with E-state index in [0.29, 0.717) is 16.9 Å². The molecule has 3 aromatic carbocycles. The Kier molecular flexibility index (Phi) is 5.07. The van der Waals surface area contributed by atoms with Gasteiger partial charge in [0.15, 0.2) is 6.10 Å². The molecule has 3 aromatic rings. The number of ether oxygens (including phenoxy) is 1. The number of methoxy groups -OCH3 is 1. The van der Waals surface area contributed by atoms with Crippen LogP contribution >= 0.6 is 0 Å². The summed E-state index contributed by atoms with van der Waals surface area (Å²) in [5.41, 5.74) is 2.10. The lowest BCUT2D eigenvalue weighted by Crippen LogP contribution is -2.37. The summed E-state index contributed by atoms with van der Waals surface area (Å²) < 4.78 is 4.70. The molecule has 33 heavy (non-hydrogen) atoms. The number of phenolic OH excluding ortho intramolecular Hbond substituents is 1. The van der Waals surface area contributed by atoms with Crippen molar-refractivity contribution in [1.82, 2.24) is 0 Å². The molecule has 0 bridgehead atoms. The lowest BCUT2D eigenvalue weighted by atomic mass is 9.90. The fourth-order valence-corrected chi connectivity index (χ4v) is 4.34. The molecule has 0 spiro atoms. The fraction of sp³-hybridized carbons (Fsp3) is 0.160. The Morgan fingerprint density at radius 3 is 2.18 bits per heavy atom. The molecule has 2 amide bonds. The van der Waals surface area contributed by atoms with Crippen LogP contribution in [0, 0.1) is 5.92 Å². The number of nitrogens with zero attached hydrogens (tertiary/aromatic N) is 2. The summed E-state index contributed by atoms with van der Waals surface area (Å²) in [6, 6.07) is 21.3. The van der Waals surface area contributed by atoms with Gasteiger partial charge in [-0.3, -0.25) is 14.4 Å². The van der Waals surface area contributed by atoms with Gasteiger partial charge in [0.2, 0.25) is 5.91 Å². The zero-order valence-corrected chi connectivity index (χ0v) is 17.6. The maximum absolute atomic E-state index is 13.6. The smallest absolute Gasteiger partial charge is 0.337 e. The highest BCUT2D eigenvalue weighted by Crippen LogP contribution is 2.47. The highest BCUT2D eigenvalue weighted by molar-refractivity contribution is 6.24. The molecule has 8 nitrogen and oxygen atoms in total. The molecule has 166 valence electrons. The normalized spacial score (nSPS) is 21.9. The fourth-order valence-electron chi connectivity index (χ4n) is 4.34. The van der Waals surface area contributed by atoms with Gasteiger partial charge < -0.3 is 9.84 Å². The standard InChI is InChI=1S/C25H20N2O6/c1-32-25(31)16-7-11-17(12-8-16)26-23(29)20-21(15-9-13-19(28)14-10-15)27(33-22(20)24(26)30)18-5-3-2-4-6-18/h2-14,20-22,28H,1H3/t20-,21+,22-/m0/s1. The predicted octanol–water partition coefficient (Wildman–Crippen LogP) is 3.23. The van der Waals surface area contributed by atoms with Gasteiger partial charge in [-0.25, -0.2) is 14.8 Å². The van der Waals surface area contributed by atoms with E-state index < -0.39 is 35.8 Å². The van der Waals surface area contributed by atoms with Crippen LogP contribution in [0.2, 0.25) is 0 Å². The Balaban J connectivity index is 1.53. The molecule has 0 radical (unpaired) electrons. The predicted molar refractivity (Wildman–Crippen MR) is 118 cm³/mol. The summed E-state index contributed by atoms with van der Waals surface area (Å²) in [4.78, 5) is 45.7. The number of hydrogen-bond acceptors (Lipinski definition) is 7. The van der Waals surface area contributed by atoms with Gasteiger partial charge in [0, 0.05) is 0 Å². The first kappa shape index (κ1) is 20.7. The van der Waals surface area contributed by atoms with Crippen LogP contribution in [-0.2, 0) is 19.2 Å². The van der Waals surface area contributed by atoms with Crippen LogP contribution in [0.4, 0.5) is 11.4 Å². The van der Waals surface area contributed by atoms with Crippen molar-refractivity contribution in [2.45, 2.75) is 12.1 Å². The number of carbonyl (C=O) groups excluding carboxylic acids is 3. The van der Waals surface area contributed by atoms with E-state index in [9.17, 15) is 19.5 Å². The Labute approximate surface area is 189 Å². The van der Waals surface area contributed by atoms with Gasteiger partial charge in [0.05, 0.1) is 30.1 Å². The maximum atomic E-state index is 13.6. The first-order valence-corrected chi connectivity index (χ1v) is 10.4. The number of para-hydroxylation sites is 1. The van der Waals surface area contributed by atoms with Crippen LogP contribution in [-0.4, -0.2) is 36.1 Å². The Morgan fingerprint density at radius 1 is 0.879 bits per heavy atom. The van der Waals surface area contributed by atoms with Crippen LogP contribution in [0.5, 0.6) is 5.75 Å². The van der Waals surface area contributed by atoms with E-state index in [1.165, 1.54) is 43.5 Å². The summed E-state index contributed by atoms with van der Waals surface area (Å²) in [5.74, 6) is -2.07. The van der Waals surface area contributed by atoms with Crippen LogP contribution in [0.15, 0.2) is 78.9 Å². The third-order valence-electron chi connectivity index (χ3n) is 5.91. The molecule has 3 atom stereocenters. The van der Waals surface area contributed by atoms with Gasteiger partial charge >= 0.3 is 5.97 Å². The molecule has 0 saturated carbocycles. The summed E-state index contributed by atoms with van der Waals surface area (Å²) in [5, 5.41) is 11.3. The number of rotatable bonds is 4. The van der Waals surface area contributed by atoms with Crippen molar-refractivity contribution >= 4 is 29.2 Å². The van der Waals surface area contributed by atoms with E-state index in [1.54, 1.807) is 17.2 Å². The van der Waals surface area contributed by atoms with Crippen molar-refractivity contribution in [3.05, 3.63) is 90.0 Å². The summed E-state index contributed by atoms with van der Waals surface area (Å²) in [7, 11) is 1.28. The lowest BCUT2D eigenvalue weighted by Gasteiger charge is -2.28.